The van der Waals surface area contributed by atoms with E-state index in [2.05, 4.69) is 86.6 Å². The lowest BCUT2D eigenvalue weighted by Crippen LogP contribution is -2.15. The van der Waals surface area contributed by atoms with Crippen LogP contribution in [-0.2, 0) is 0 Å². The molecule has 0 bridgehead atoms. The Bertz CT molecular complexity index is 1260. The van der Waals surface area contributed by atoms with Crippen LogP contribution in [-0.4, -0.2) is 0 Å². The monoisotopic (exact) mass is 456 g/mol. The molecular weight excluding hydrogens is 428 g/mol. The number of benzene rings is 5. The second kappa shape index (κ2) is 10.3. The first-order valence-electron chi connectivity index (χ1n) is 11.9. The lowest BCUT2D eigenvalue weighted by Gasteiger charge is -2.21. The Morgan fingerprint density at radius 2 is 0.743 bits per heavy atom. The van der Waals surface area contributed by atoms with Gasteiger partial charge in [0.1, 0.15) is 11.5 Å². The van der Waals surface area contributed by atoms with Gasteiger partial charge in [-0.2, -0.15) is 0 Å². The lowest BCUT2D eigenvalue weighted by atomic mass is 10.0. The van der Waals surface area contributed by atoms with E-state index < -0.39 is 6.29 Å². The van der Waals surface area contributed by atoms with Crippen LogP contribution in [0.15, 0.2) is 127 Å². The van der Waals surface area contributed by atoms with Gasteiger partial charge in [-0.3, -0.25) is 0 Å². The number of ether oxygens (including phenoxy) is 2. The van der Waals surface area contributed by atoms with Crippen LogP contribution in [0.2, 0.25) is 0 Å². The predicted octanol–water partition coefficient (Wildman–Crippen LogP) is 8.79. The Hall–Kier alpha value is -4.30. The normalized spacial score (nSPS) is 10.8. The average Bonchev–Trinajstić information content (AvgIpc) is 2.91. The molecule has 0 saturated heterocycles. The molecule has 2 nitrogen and oxygen atoms in total. The summed E-state index contributed by atoms with van der Waals surface area (Å²) >= 11 is 0. The number of rotatable bonds is 7. The van der Waals surface area contributed by atoms with Gasteiger partial charge in [-0.1, -0.05) is 114 Å². The molecule has 0 N–H and O–H groups in total. The van der Waals surface area contributed by atoms with Crippen molar-refractivity contribution in [3.05, 3.63) is 144 Å². The van der Waals surface area contributed by atoms with E-state index in [9.17, 15) is 0 Å². The number of hydrogen-bond acceptors (Lipinski definition) is 2. The summed E-state index contributed by atoms with van der Waals surface area (Å²) < 4.78 is 12.6. The molecule has 0 amide bonds. The second-order valence-electron chi connectivity index (χ2n) is 8.76. The van der Waals surface area contributed by atoms with E-state index in [1.54, 1.807) is 0 Å². The van der Waals surface area contributed by atoms with Crippen LogP contribution in [0.25, 0.3) is 22.3 Å². The largest absolute Gasteiger partial charge is 0.451 e. The van der Waals surface area contributed by atoms with Crippen molar-refractivity contribution in [2.24, 2.45) is 0 Å². The van der Waals surface area contributed by atoms with Crippen molar-refractivity contribution < 1.29 is 9.47 Å². The van der Waals surface area contributed by atoms with Gasteiger partial charge >= 0.3 is 0 Å². The molecule has 5 aromatic rings. The minimum absolute atomic E-state index is 0.563. The Morgan fingerprint density at radius 3 is 1.11 bits per heavy atom. The standard InChI is InChI=1S/C33H28O2/c1-24-8-12-26(13-9-24)28-16-20-31(21-17-28)34-33(30-6-4-3-5-7-30)35-32-22-18-29(19-23-32)27-14-10-25(2)11-15-27/h3-23,33H,1-2H3. The van der Waals surface area contributed by atoms with Gasteiger partial charge in [0.2, 0.25) is 0 Å². The second-order valence-corrected chi connectivity index (χ2v) is 8.76. The van der Waals surface area contributed by atoms with E-state index in [1.807, 2.05) is 54.6 Å². The molecule has 0 unspecified atom stereocenters. The minimum atomic E-state index is -0.563. The Kier molecular flexibility index (Phi) is 6.63. The molecule has 0 aliphatic carbocycles. The highest BCUT2D eigenvalue weighted by Crippen LogP contribution is 2.30. The molecule has 35 heavy (non-hydrogen) atoms. The van der Waals surface area contributed by atoms with Crippen molar-refractivity contribution >= 4 is 0 Å². The van der Waals surface area contributed by atoms with E-state index in [0.29, 0.717) is 0 Å². The molecule has 0 heterocycles. The Labute approximate surface area is 207 Å². The summed E-state index contributed by atoms with van der Waals surface area (Å²) in [5.74, 6) is 1.51. The summed E-state index contributed by atoms with van der Waals surface area (Å²) in [4.78, 5) is 0. The van der Waals surface area contributed by atoms with Gasteiger partial charge in [0, 0.05) is 5.56 Å². The third-order valence-corrected chi connectivity index (χ3v) is 6.04. The average molecular weight is 457 g/mol. The summed E-state index contributed by atoms with van der Waals surface area (Å²) in [5.41, 5.74) is 8.14. The van der Waals surface area contributed by atoms with E-state index in [-0.39, 0.29) is 0 Å². The van der Waals surface area contributed by atoms with Gasteiger partial charge < -0.3 is 9.47 Å². The lowest BCUT2D eigenvalue weighted by molar-refractivity contribution is 0.00383. The maximum Gasteiger partial charge on any atom is 0.267 e. The van der Waals surface area contributed by atoms with Crippen LogP contribution < -0.4 is 9.47 Å². The Morgan fingerprint density at radius 1 is 0.400 bits per heavy atom. The van der Waals surface area contributed by atoms with Crippen molar-refractivity contribution in [2.75, 3.05) is 0 Å². The van der Waals surface area contributed by atoms with Crippen molar-refractivity contribution in [1.29, 1.82) is 0 Å². The predicted molar refractivity (Wildman–Crippen MR) is 144 cm³/mol. The summed E-state index contributed by atoms with van der Waals surface area (Å²) in [6.45, 7) is 4.20. The molecular formula is C33H28O2. The van der Waals surface area contributed by atoms with Crippen LogP contribution >= 0.6 is 0 Å². The van der Waals surface area contributed by atoms with Crippen molar-refractivity contribution in [2.45, 2.75) is 20.1 Å². The first kappa shape index (κ1) is 22.5. The van der Waals surface area contributed by atoms with Gasteiger partial charge in [0.25, 0.3) is 6.29 Å². The van der Waals surface area contributed by atoms with Crippen LogP contribution in [0.1, 0.15) is 23.0 Å². The molecule has 0 aliphatic rings. The zero-order valence-electron chi connectivity index (χ0n) is 20.0. The van der Waals surface area contributed by atoms with Crippen LogP contribution in [0, 0.1) is 13.8 Å². The van der Waals surface area contributed by atoms with Crippen LogP contribution in [0.3, 0.4) is 0 Å². The molecule has 5 rings (SSSR count). The van der Waals surface area contributed by atoms with Crippen molar-refractivity contribution in [1.82, 2.24) is 0 Å². The fourth-order valence-electron chi connectivity index (χ4n) is 3.96. The summed E-state index contributed by atoms with van der Waals surface area (Å²) in [5, 5.41) is 0. The molecule has 2 heteroatoms. The molecule has 0 aliphatic heterocycles. The van der Waals surface area contributed by atoms with Crippen molar-refractivity contribution in [3.63, 3.8) is 0 Å². The molecule has 0 aromatic heterocycles. The highest BCUT2D eigenvalue weighted by molar-refractivity contribution is 5.65. The summed E-state index contributed by atoms with van der Waals surface area (Å²) in [7, 11) is 0. The highest BCUT2D eigenvalue weighted by atomic mass is 16.7. The smallest absolute Gasteiger partial charge is 0.267 e. The fourth-order valence-corrected chi connectivity index (χ4v) is 3.96. The van der Waals surface area contributed by atoms with Crippen molar-refractivity contribution in [3.8, 4) is 33.8 Å². The van der Waals surface area contributed by atoms with E-state index >= 15 is 0 Å². The third-order valence-electron chi connectivity index (χ3n) is 6.04. The van der Waals surface area contributed by atoms with Crippen LogP contribution in [0.4, 0.5) is 0 Å². The molecule has 172 valence electrons. The topological polar surface area (TPSA) is 18.5 Å². The Balaban J connectivity index is 1.34. The molecule has 0 saturated carbocycles. The molecule has 0 fully saturated rings. The molecule has 0 radical (unpaired) electrons. The quantitative estimate of drug-likeness (QED) is 0.228. The summed E-state index contributed by atoms with van der Waals surface area (Å²) in [6, 6.07) is 43.4. The number of aryl methyl sites for hydroxylation is 2. The molecule has 0 spiro atoms. The van der Waals surface area contributed by atoms with Crippen LogP contribution in [0.5, 0.6) is 11.5 Å². The zero-order chi connectivity index (χ0) is 24.0. The van der Waals surface area contributed by atoms with Gasteiger partial charge in [-0.25, -0.2) is 0 Å². The number of hydrogen-bond donors (Lipinski definition) is 0. The van der Waals surface area contributed by atoms with Gasteiger partial charge in [0.05, 0.1) is 0 Å². The third kappa shape index (κ3) is 5.62. The zero-order valence-corrected chi connectivity index (χ0v) is 20.0. The van der Waals surface area contributed by atoms with E-state index in [1.165, 1.54) is 22.3 Å². The van der Waals surface area contributed by atoms with E-state index in [4.69, 9.17) is 9.47 Å². The summed E-state index contributed by atoms with van der Waals surface area (Å²) in [6.07, 6.45) is -0.563. The minimum Gasteiger partial charge on any atom is -0.451 e. The molecule has 5 aromatic carbocycles. The first-order valence-corrected chi connectivity index (χ1v) is 11.9. The maximum atomic E-state index is 6.32. The van der Waals surface area contributed by atoms with Gasteiger partial charge in [-0.15, -0.1) is 0 Å². The van der Waals surface area contributed by atoms with Gasteiger partial charge in [-0.05, 0) is 60.4 Å². The molecule has 0 atom stereocenters. The van der Waals surface area contributed by atoms with E-state index in [0.717, 1.165) is 28.2 Å². The fraction of sp³-hybridized carbons (Fsp3) is 0.0909. The highest BCUT2D eigenvalue weighted by Gasteiger charge is 2.16. The van der Waals surface area contributed by atoms with Gasteiger partial charge in [0.15, 0.2) is 0 Å². The SMILES string of the molecule is Cc1ccc(-c2ccc(OC(Oc3ccc(-c4ccc(C)cc4)cc3)c3ccccc3)cc2)cc1. The first-order chi connectivity index (χ1) is 17.1. The maximum absolute atomic E-state index is 6.32.